The number of aromatic nitrogens is 2. The van der Waals surface area contributed by atoms with Crippen molar-refractivity contribution in [1.82, 2.24) is 14.9 Å². The lowest BCUT2D eigenvalue weighted by molar-refractivity contribution is -0.124. The number of ether oxygens (including phenoxy) is 1. The SMILES string of the molecule is CC(CN1C(=O)C(=Cc2cc(-c3ccc4nccnc4c3)cs2)SC1=S)C(=O)Nc1ccc(C(=O)OC(C)(C)C)cc1. The van der Waals surface area contributed by atoms with Crippen LogP contribution in [-0.2, 0) is 14.3 Å². The Kier molecular flexibility index (Phi) is 8.53. The van der Waals surface area contributed by atoms with E-state index < -0.39 is 17.5 Å². The molecule has 0 radical (unpaired) electrons. The molecule has 5 rings (SSSR count). The highest BCUT2D eigenvalue weighted by Gasteiger charge is 2.34. The molecule has 8 nitrogen and oxygen atoms in total. The number of carbonyl (C=O) groups is 3. The van der Waals surface area contributed by atoms with Crippen LogP contribution in [0.3, 0.4) is 0 Å². The number of hydrogen-bond donors (Lipinski definition) is 1. The molecule has 11 heteroatoms. The molecule has 214 valence electrons. The van der Waals surface area contributed by atoms with E-state index in [1.807, 2.05) is 35.7 Å². The third kappa shape index (κ3) is 6.92. The first-order chi connectivity index (χ1) is 20.0. The van der Waals surface area contributed by atoms with E-state index in [0.717, 1.165) is 27.0 Å². The summed E-state index contributed by atoms with van der Waals surface area (Å²) in [5.74, 6) is -1.44. The molecular weight excluding hydrogens is 589 g/mol. The number of esters is 1. The van der Waals surface area contributed by atoms with Gasteiger partial charge in [-0.1, -0.05) is 37.0 Å². The number of hydrogen-bond acceptors (Lipinski definition) is 9. The van der Waals surface area contributed by atoms with Crippen molar-refractivity contribution in [3.8, 4) is 11.1 Å². The van der Waals surface area contributed by atoms with Crippen molar-refractivity contribution in [2.24, 2.45) is 5.92 Å². The van der Waals surface area contributed by atoms with Gasteiger partial charge in [-0.2, -0.15) is 0 Å². The minimum absolute atomic E-state index is 0.150. The van der Waals surface area contributed by atoms with Crippen molar-refractivity contribution in [2.75, 3.05) is 11.9 Å². The molecule has 2 amide bonds. The molecule has 3 heterocycles. The molecule has 1 saturated heterocycles. The molecule has 2 aromatic heterocycles. The highest BCUT2D eigenvalue weighted by atomic mass is 32.2. The number of thioether (sulfide) groups is 1. The van der Waals surface area contributed by atoms with E-state index in [9.17, 15) is 14.4 Å². The molecule has 1 fully saturated rings. The monoisotopic (exact) mass is 616 g/mol. The first-order valence-electron chi connectivity index (χ1n) is 13.2. The van der Waals surface area contributed by atoms with Gasteiger partial charge in [-0.25, -0.2) is 4.79 Å². The van der Waals surface area contributed by atoms with Crippen LogP contribution in [0.4, 0.5) is 5.69 Å². The Labute approximate surface area is 257 Å². The second-order valence-corrected chi connectivity index (χ2v) is 13.4. The number of rotatable bonds is 7. The normalized spacial score (nSPS) is 15.3. The topological polar surface area (TPSA) is 101 Å². The van der Waals surface area contributed by atoms with Gasteiger partial charge in [-0.3, -0.25) is 24.5 Å². The minimum Gasteiger partial charge on any atom is -0.456 e. The van der Waals surface area contributed by atoms with Gasteiger partial charge in [-0.05, 0) is 85.8 Å². The van der Waals surface area contributed by atoms with Crippen LogP contribution < -0.4 is 5.32 Å². The Balaban J connectivity index is 1.20. The third-order valence-electron chi connectivity index (χ3n) is 6.26. The highest BCUT2D eigenvalue weighted by molar-refractivity contribution is 8.26. The minimum atomic E-state index is -0.596. The zero-order valence-corrected chi connectivity index (χ0v) is 25.9. The van der Waals surface area contributed by atoms with Gasteiger partial charge < -0.3 is 10.1 Å². The zero-order chi connectivity index (χ0) is 30.0. The maximum atomic E-state index is 13.2. The second kappa shape index (κ2) is 12.1. The van der Waals surface area contributed by atoms with E-state index in [2.05, 4.69) is 15.3 Å². The summed E-state index contributed by atoms with van der Waals surface area (Å²) >= 11 is 8.26. The molecular formula is C31H28N4O4S3. The van der Waals surface area contributed by atoms with E-state index in [0.29, 0.717) is 20.5 Å². The molecule has 1 aliphatic heterocycles. The second-order valence-electron chi connectivity index (χ2n) is 10.8. The summed E-state index contributed by atoms with van der Waals surface area (Å²) < 4.78 is 5.79. The van der Waals surface area contributed by atoms with Gasteiger partial charge >= 0.3 is 5.97 Å². The zero-order valence-electron chi connectivity index (χ0n) is 23.4. The predicted molar refractivity (Wildman–Crippen MR) is 172 cm³/mol. The van der Waals surface area contributed by atoms with Crippen molar-refractivity contribution in [3.05, 3.63) is 81.7 Å². The molecule has 42 heavy (non-hydrogen) atoms. The van der Waals surface area contributed by atoms with Crippen LogP contribution in [0.25, 0.3) is 28.2 Å². The van der Waals surface area contributed by atoms with Gasteiger partial charge in [-0.15, -0.1) is 11.3 Å². The molecule has 1 N–H and O–H groups in total. The Morgan fingerprint density at radius 3 is 2.48 bits per heavy atom. The fourth-order valence-electron chi connectivity index (χ4n) is 4.16. The molecule has 0 aliphatic carbocycles. The summed E-state index contributed by atoms with van der Waals surface area (Å²) in [7, 11) is 0. The quantitative estimate of drug-likeness (QED) is 0.138. The maximum Gasteiger partial charge on any atom is 0.338 e. The van der Waals surface area contributed by atoms with E-state index in [4.69, 9.17) is 17.0 Å². The predicted octanol–water partition coefficient (Wildman–Crippen LogP) is 6.79. The third-order valence-corrected chi connectivity index (χ3v) is 8.52. The van der Waals surface area contributed by atoms with Crippen molar-refractivity contribution in [1.29, 1.82) is 0 Å². The van der Waals surface area contributed by atoms with E-state index in [1.165, 1.54) is 28.0 Å². The average Bonchev–Trinajstić information content (AvgIpc) is 3.52. The van der Waals surface area contributed by atoms with Crippen LogP contribution in [-0.4, -0.2) is 49.1 Å². The van der Waals surface area contributed by atoms with Gasteiger partial charge in [0.25, 0.3) is 5.91 Å². The fraction of sp³-hybridized carbons (Fsp3) is 0.226. The first-order valence-corrected chi connectivity index (χ1v) is 15.3. The largest absolute Gasteiger partial charge is 0.456 e. The lowest BCUT2D eigenvalue weighted by atomic mass is 10.1. The van der Waals surface area contributed by atoms with Crippen LogP contribution in [0.5, 0.6) is 0 Å². The van der Waals surface area contributed by atoms with Crippen LogP contribution in [0.15, 0.2) is 71.2 Å². The molecule has 0 spiro atoms. The van der Waals surface area contributed by atoms with Crippen LogP contribution >= 0.6 is 35.3 Å². The van der Waals surface area contributed by atoms with Crippen LogP contribution in [0.2, 0.25) is 0 Å². The number of amides is 2. The summed E-state index contributed by atoms with van der Waals surface area (Å²) in [6.07, 6.45) is 5.18. The summed E-state index contributed by atoms with van der Waals surface area (Å²) in [6, 6.07) is 14.5. The van der Waals surface area contributed by atoms with Gasteiger partial charge in [0, 0.05) is 29.5 Å². The van der Waals surface area contributed by atoms with Crippen molar-refractivity contribution in [3.63, 3.8) is 0 Å². The number of anilines is 1. The van der Waals surface area contributed by atoms with Crippen LogP contribution in [0, 0.1) is 5.92 Å². The molecule has 1 unspecified atom stereocenters. The number of fused-ring (bicyclic) bond motifs is 1. The number of carbonyl (C=O) groups excluding carboxylic acids is 3. The van der Waals surface area contributed by atoms with Gasteiger partial charge in [0.2, 0.25) is 5.91 Å². The molecule has 2 aromatic carbocycles. The molecule has 1 atom stereocenters. The maximum absolute atomic E-state index is 13.2. The summed E-state index contributed by atoms with van der Waals surface area (Å²) in [5, 5.41) is 4.88. The number of nitrogens with zero attached hydrogens (tertiary/aromatic N) is 3. The van der Waals surface area contributed by atoms with Gasteiger partial charge in [0.15, 0.2) is 0 Å². The summed E-state index contributed by atoms with van der Waals surface area (Å²) in [6.45, 7) is 7.30. The number of thiocarbonyl (C=S) groups is 1. The average molecular weight is 617 g/mol. The Morgan fingerprint density at radius 2 is 1.76 bits per heavy atom. The molecule has 1 aliphatic rings. The lowest BCUT2D eigenvalue weighted by Crippen LogP contribution is -2.36. The lowest BCUT2D eigenvalue weighted by Gasteiger charge is -2.20. The van der Waals surface area contributed by atoms with E-state index >= 15 is 0 Å². The number of thiophene rings is 1. The van der Waals surface area contributed by atoms with Crippen molar-refractivity contribution >= 4 is 80.2 Å². The number of benzene rings is 2. The van der Waals surface area contributed by atoms with Crippen molar-refractivity contribution < 1.29 is 19.1 Å². The Morgan fingerprint density at radius 1 is 1.05 bits per heavy atom. The molecule has 0 saturated carbocycles. The standard InChI is InChI=1S/C31H28N4O4S3/c1-18(27(36)34-22-8-5-19(6-9-22)29(38)39-31(2,3)4)16-35-28(37)26(42-30(35)40)15-23-13-21(17-41-23)20-7-10-24-25(14-20)33-12-11-32-24/h5-15,17-18H,16H2,1-4H3,(H,34,36). The van der Waals surface area contributed by atoms with Crippen molar-refractivity contribution in [2.45, 2.75) is 33.3 Å². The summed E-state index contributed by atoms with van der Waals surface area (Å²) in [4.78, 5) is 50.0. The molecule has 4 aromatic rings. The van der Waals surface area contributed by atoms with Gasteiger partial charge in [0.1, 0.15) is 9.92 Å². The van der Waals surface area contributed by atoms with Gasteiger partial charge in [0.05, 0.1) is 27.4 Å². The Bertz CT molecular complexity index is 1720. The summed E-state index contributed by atoms with van der Waals surface area (Å²) in [5.41, 5.74) is 4.03. The smallest absolute Gasteiger partial charge is 0.338 e. The number of nitrogens with one attached hydrogen (secondary N) is 1. The molecule has 0 bridgehead atoms. The Hall–Kier alpha value is -3.93. The van der Waals surface area contributed by atoms with Crippen LogP contribution in [0.1, 0.15) is 42.9 Å². The van der Waals surface area contributed by atoms with E-state index in [-0.39, 0.29) is 18.4 Å². The van der Waals surface area contributed by atoms with E-state index in [1.54, 1.807) is 64.4 Å². The highest BCUT2D eigenvalue weighted by Crippen LogP contribution is 2.35. The first kappa shape index (κ1) is 29.6. The fourth-order valence-corrected chi connectivity index (χ4v) is 6.35.